The van der Waals surface area contributed by atoms with Crippen LogP contribution in [-0.2, 0) is 0 Å². The molecular weight excluding hydrogens is 305 g/mol. The van der Waals surface area contributed by atoms with Gasteiger partial charge in [-0.3, -0.25) is 0 Å². The molecule has 0 saturated carbocycles. The molecule has 3 nitrogen and oxygen atoms in total. The van der Waals surface area contributed by atoms with Gasteiger partial charge >= 0.3 is 0 Å². The Morgan fingerprint density at radius 1 is 0.905 bits per heavy atom. The van der Waals surface area contributed by atoms with Crippen molar-refractivity contribution in [2.24, 2.45) is 0 Å². The minimum atomic E-state index is 0.0145. The van der Waals surface area contributed by atoms with Gasteiger partial charge in [0.05, 0.1) is 0 Å². The van der Waals surface area contributed by atoms with Gasteiger partial charge in [0.15, 0.2) is 0 Å². The maximum Gasteiger partial charge on any atom is 0.145 e. The molecule has 1 N–H and O–H groups in total. The van der Waals surface area contributed by atoms with Gasteiger partial charge in [0.2, 0.25) is 0 Å². The molecular formula is C16H9Cl2N3. The first-order chi connectivity index (χ1) is 10.1. The smallest absolute Gasteiger partial charge is 0.145 e. The van der Waals surface area contributed by atoms with Gasteiger partial charge < -0.3 is 5.32 Å². The largest absolute Gasteiger partial charge is 0.360 e. The molecule has 102 valence electrons. The molecule has 0 aliphatic rings. The van der Waals surface area contributed by atoms with Crippen LogP contribution >= 0.6 is 23.2 Å². The minimum Gasteiger partial charge on any atom is -0.360 e. The van der Waals surface area contributed by atoms with Crippen molar-refractivity contribution in [1.29, 1.82) is 10.5 Å². The second-order valence-electron chi connectivity index (χ2n) is 4.16. The average Bonchev–Trinajstić information content (AvgIpc) is 2.48. The van der Waals surface area contributed by atoms with Gasteiger partial charge in [0, 0.05) is 21.9 Å². The van der Waals surface area contributed by atoms with Crippen LogP contribution in [0.4, 0.5) is 5.69 Å². The van der Waals surface area contributed by atoms with Crippen molar-refractivity contribution in [2.45, 2.75) is 0 Å². The van der Waals surface area contributed by atoms with Crippen LogP contribution in [0.3, 0.4) is 0 Å². The Hall–Kier alpha value is -2.46. The topological polar surface area (TPSA) is 59.6 Å². The van der Waals surface area contributed by atoms with Gasteiger partial charge in [-0.2, -0.15) is 10.5 Å². The van der Waals surface area contributed by atoms with E-state index < -0.39 is 0 Å². The summed E-state index contributed by atoms with van der Waals surface area (Å²) in [5.41, 5.74) is 2.68. The molecule has 0 bridgehead atoms. The zero-order valence-corrected chi connectivity index (χ0v) is 12.3. The SMILES string of the molecule is N#CC(C#N)=CNc1ccc(-c2cc(Cl)cc(Cl)c2)cc1. The lowest BCUT2D eigenvalue weighted by Gasteiger charge is -2.06. The molecule has 2 aromatic carbocycles. The fraction of sp³-hybridized carbons (Fsp3) is 0. The first-order valence-corrected chi connectivity index (χ1v) is 6.71. The molecule has 21 heavy (non-hydrogen) atoms. The van der Waals surface area contributed by atoms with E-state index in [-0.39, 0.29) is 5.57 Å². The van der Waals surface area contributed by atoms with E-state index in [1.54, 1.807) is 18.2 Å². The maximum atomic E-state index is 8.64. The summed E-state index contributed by atoms with van der Waals surface area (Å²) < 4.78 is 0. The average molecular weight is 314 g/mol. The minimum absolute atomic E-state index is 0.0145. The van der Waals surface area contributed by atoms with Crippen LogP contribution in [0, 0.1) is 22.7 Å². The second kappa shape index (κ2) is 6.81. The van der Waals surface area contributed by atoms with Crippen LogP contribution in [0.25, 0.3) is 11.1 Å². The number of anilines is 1. The Labute approximate surface area is 132 Å². The standard InChI is InChI=1S/C16H9Cl2N3/c17-14-5-13(6-15(18)7-14)12-1-3-16(4-2-12)21-10-11(8-19)9-20/h1-7,10,21H. The summed E-state index contributed by atoms with van der Waals surface area (Å²) in [6.07, 6.45) is 1.37. The lowest BCUT2D eigenvalue weighted by molar-refractivity contribution is 1.44. The number of hydrogen-bond acceptors (Lipinski definition) is 3. The van der Waals surface area contributed by atoms with E-state index in [2.05, 4.69) is 5.32 Å². The quantitative estimate of drug-likeness (QED) is 0.811. The number of rotatable bonds is 3. The molecule has 0 aromatic heterocycles. The lowest BCUT2D eigenvalue weighted by atomic mass is 10.1. The van der Waals surface area contributed by atoms with Crippen molar-refractivity contribution in [3.63, 3.8) is 0 Å². The van der Waals surface area contributed by atoms with Crippen molar-refractivity contribution < 1.29 is 0 Å². The van der Waals surface area contributed by atoms with Crippen molar-refractivity contribution in [1.82, 2.24) is 0 Å². The molecule has 5 heteroatoms. The van der Waals surface area contributed by atoms with E-state index >= 15 is 0 Å². The normalized spacial score (nSPS) is 9.33. The molecule has 0 spiro atoms. The van der Waals surface area contributed by atoms with E-state index in [9.17, 15) is 0 Å². The van der Waals surface area contributed by atoms with Crippen LogP contribution in [0.2, 0.25) is 10.0 Å². The summed E-state index contributed by atoms with van der Waals surface area (Å²) in [5.74, 6) is 0. The molecule has 0 saturated heterocycles. The first-order valence-electron chi connectivity index (χ1n) is 5.96. The van der Waals surface area contributed by atoms with Crippen molar-refractivity contribution >= 4 is 28.9 Å². The van der Waals surface area contributed by atoms with Crippen LogP contribution in [-0.4, -0.2) is 0 Å². The van der Waals surface area contributed by atoms with Crippen LogP contribution in [0.15, 0.2) is 54.2 Å². The number of halogens is 2. The molecule has 0 heterocycles. The third kappa shape index (κ3) is 4.00. The summed E-state index contributed by atoms with van der Waals surface area (Å²) >= 11 is 12.0. The number of benzene rings is 2. The first kappa shape index (κ1) is 14.9. The van der Waals surface area contributed by atoms with E-state index in [0.717, 1.165) is 16.8 Å². The van der Waals surface area contributed by atoms with Crippen LogP contribution in [0.5, 0.6) is 0 Å². The van der Waals surface area contributed by atoms with Crippen molar-refractivity contribution in [2.75, 3.05) is 5.32 Å². The highest BCUT2D eigenvalue weighted by Gasteiger charge is 2.01. The summed E-state index contributed by atoms with van der Waals surface area (Å²) in [6, 6.07) is 16.4. The fourth-order valence-corrected chi connectivity index (χ4v) is 2.25. The van der Waals surface area contributed by atoms with E-state index in [1.165, 1.54) is 6.20 Å². The maximum absolute atomic E-state index is 8.64. The van der Waals surface area contributed by atoms with E-state index in [4.69, 9.17) is 33.7 Å². The summed E-state index contributed by atoms with van der Waals surface area (Å²) in [5, 5.41) is 21.3. The number of hydrogen-bond donors (Lipinski definition) is 1. The number of nitrogens with zero attached hydrogens (tertiary/aromatic N) is 2. The summed E-state index contributed by atoms with van der Waals surface area (Å²) in [7, 11) is 0. The summed E-state index contributed by atoms with van der Waals surface area (Å²) in [4.78, 5) is 0. The third-order valence-corrected chi connectivity index (χ3v) is 3.14. The van der Waals surface area contributed by atoms with Gasteiger partial charge in [0.1, 0.15) is 17.7 Å². The van der Waals surface area contributed by atoms with E-state index in [1.807, 2.05) is 36.4 Å². The highest BCUT2D eigenvalue weighted by Crippen LogP contribution is 2.28. The monoisotopic (exact) mass is 313 g/mol. The predicted molar refractivity (Wildman–Crippen MR) is 84.8 cm³/mol. The zero-order valence-electron chi connectivity index (χ0n) is 10.8. The third-order valence-electron chi connectivity index (χ3n) is 2.70. The highest BCUT2D eigenvalue weighted by molar-refractivity contribution is 6.35. The molecule has 2 aromatic rings. The molecule has 0 atom stereocenters. The molecule has 0 unspecified atom stereocenters. The Bertz CT molecular complexity index is 729. The van der Waals surface area contributed by atoms with E-state index in [0.29, 0.717) is 10.0 Å². The molecule has 0 aliphatic carbocycles. The van der Waals surface area contributed by atoms with Gasteiger partial charge in [0.25, 0.3) is 0 Å². The van der Waals surface area contributed by atoms with Crippen molar-refractivity contribution in [3.8, 4) is 23.3 Å². The predicted octanol–water partition coefficient (Wildman–Crippen LogP) is 5.00. The molecule has 0 amide bonds. The number of nitrogens with one attached hydrogen (secondary N) is 1. The Balaban J connectivity index is 2.22. The van der Waals surface area contributed by atoms with Gasteiger partial charge in [-0.1, -0.05) is 35.3 Å². The van der Waals surface area contributed by atoms with Gasteiger partial charge in [-0.05, 0) is 41.5 Å². The highest BCUT2D eigenvalue weighted by atomic mass is 35.5. The Morgan fingerprint density at radius 3 is 2.00 bits per heavy atom. The molecule has 0 aliphatic heterocycles. The van der Waals surface area contributed by atoms with Gasteiger partial charge in [-0.15, -0.1) is 0 Å². The van der Waals surface area contributed by atoms with Crippen LogP contribution < -0.4 is 5.32 Å². The molecule has 0 fully saturated rings. The Kier molecular flexibility index (Phi) is 4.85. The summed E-state index contributed by atoms with van der Waals surface area (Å²) in [6.45, 7) is 0. The fourth-order valence-electron chi connectivity index (χ4n) is 1.72. The molecule has 0 radical (unpaired) electrons. The van der Waals surface area contributed by atoms with Crippen LogP contribution in [0.1, 0.15) is 0 Å². The van der Waals surface area contributed by atoms with Gasteiger partial charge in [-0.25, -0.2) is 0 Å². The second-order valence-corrected chi connectivity index (χ2v) is 5.03. The number of nitriles is 2. The van der Waals surface area contributed by atoms with Crippen molar-refractivity contribution in [3.05, 3.63) is 64.3 Å². The number of allylic oxidation sites excluding steroid dienone is 1. The Morgan fingerprint density at radius 2 is 1.48 bits per heavy atom. The lowest BCUT2D eigenvalue weighted by Crippen LogP contribution is -1.89. The molecule has 2 rings (SSSR count). The zero-order chi connectivity index (χ0) is 15.2.